The average molecular weight is 249 g/mol. The Morgan fingerprint density at radius 1 is 1.44 bits per heavy atom. The summed E-state index contributed by atoms with van der Waals surface area (Å²) >= 11 is 0. The highest BCUT2D eigenvalue weighted by Crippen LogP contribution is 2.19. The van der Waals surface area contributed by atoms with Crippen molar-refractivity contribution in [2.24, 2.45) is 0 Å². The number of pyridine rings is 1. The van der Waals surface area contributed by atoms with Crippen LogP contribution in [0.25, 0.3) is 0 Å². The number of carbonyl (C=O) groups excluding carboxylic acids is 1. The van der Waals surface area contributed by atoms with E-state index in [2.05, 4.69) is 21.3 Å². The quantitative estimate of drug-likeness (QED) is 0.813. The molecule has 1 aromatic heterocycles. The lowest BCUT2D eigenvalue weighted by molar-refractivity contribution is -0.108. The van der Waals surface area contributed by atoms with Crippen molar-refractivity contribution in [3.8, 4) is 0 Å². The van der Waals surface area contributed by atoms with Gasteiger partial charge in [0.25, 0.3) is 0 Å². The van der Waals surface area contributed by atoms with Crippen LogP contribution in [0.5, 0.6) is 0 Å². The molecule has 0 amide bonds. The predicted octanol–water partition coefficient (Wildman–Crippen LogP) is 1.23. The number of morpholine rings is 1. The maximum absolute atomic E-state index is 10.7. The number of rotatable bonds is 4. The third kappa shape index (κ3) is 3.20. The molecule has 0 radical (unpaired) electrons. The van der Waals surface area contributed by atoms with E-state index in [1.165, 1.54) is 0 Å². The zero-order valence-electron chi connectivity index (χ0n) is 10.8. The molecule has 0 spiro atoms. The molecular formula is C13H19N3O2. The fourth-order valence-electron chi connectivity index (χ4n) is 1.94. The van der Waals surface area contributed by atoms with Gasteiger partial charge in [-0.05, 0) is 31.5 Å². The van der Waals surface area contributed by atoms with E-state index in [9.17, 15) is 4.79 Å². The molecule has 2 rings (SSSR count). The average Bonchev–Trinajstić information content (AvgIpc) is 2.39. The van der Waals surface area contributed by atoms with Crippen LogP contribution < -0.4 is 10.2 Å². The van der Waals surface area contributed by atoms with E-state index in [1.54, 1.807) is 0 Å². The molecule has 0 aliphatic carbocycles. The zero-order valence-corrected chi connectivity index (χ0v) is 10.8. The third-order valence-corrected chi connectivity index (χ3v) is 2.87. The Hall–Kier alpha value is -1.62. The summed E-state index contributed by atoms with van der Waals surface area (Å²) in [5.74, 6) is 1.69. The van der Waals surface area contributed by atoms with E-state index in [0.29, 0.717) is 0 Å². The first kappa shape index (κ1) is 12.8. The third-order valence-electron chi connectivity index (χ3n) is 2.87. The van der Waals surface area contributed by atoms with Crippen molar-refractivity contribution in [1.29, 1.82) is 0 Å². The van der Waals surface area contributed by atoms with E-state index in [1.807, 2.05) is 19.9 Å². The Labute approximate surface area is 107 Å². The Bertz CT molecular complexity index is 417. The summed E-state index contributed by atoms with van der Waals surface area (Å²) in [7, 11) is 0. The van der Waals surface area contributed by atoms with Crippen molar-refractivity contribution >= 4 is 17.9 Å². The number of hydrogen-bond donors (Lipinski definition) is 1. The maximum Gasteiger partial charge on any atom is 0.141 e. The minimum atomic E-state index is -0.225. The number of nitrogens with one attached hydrogen (secondary N) is 1. The van der Waals surface area contributed by atoms with Crippen LogP contribution in [0.3, 0.4) is 0 Å². The lowest BCUT2D eigenvalue weighted by Crippen LogP contribution is -2.37. The van der Waals surface area contributed by atoms with Crippen LogP contribution in [0.4, 0.5) is 11.6 Å². The number of anilines is 2. The number of nitrogens with zero attached hydrogens (tertiary/aromatic N) is 2. The minimum Gasteiger partial charge on any atom is -0.378 e. The van der Waals surface area contributed by atoms with Gasteiger partial charge >= 0.3 is 0 Å². The Balaban J connectivity index is 2.17. The van der Waals surface area contributed by atoms with Crippen LogP contribution in [0.1, 0.15) is 12.5 Å². The SMILES string of the molecule is Cc1cc(NC(C)C=O)nc(N2CCOCC2)c1. The molecule has 1 N–H and O–H groups in total. The van der Waals surface area contributed by atoms with Crippen LogP contribution in [0.15, 0.2) is 12.1 Å². The first-order chi connectivity index (χ1) is 8.69. The topological polar surface area (TPSA) is 54.5 Å². The summed E-state index contributed by atoms with van der Waals surface area (Å²) in [5.41, 5.74) is 1.13. The number of hydrogen-bond acceptors (Lipinski definition) is 5. The van der Waals surface area contributed by atoms with E-state index in [4.69, 9.17) is 4.74 Å². The van der Waals surface area contributed by atoms with E-state index in [-0.39, 0.29) is 6.04 Å². The standard InChI is InChI=1S/C13H19N3O2/c1-10-7-12(14-11(2)9-17)15-13(8-10)16-3-5-18-6-4-16/h7-9,11H,3-6H2,1-2H3,(H,14,15). The molecule has 18 heavy (non-hydrogen) atoms. The minimum absolute atomic E-state index is 0.225. The van der Waals surface area contributed by atoms with E-state index >= 15 is 0 Å². The number of ether oxygens (including phenoxy) is 1. The Kier molecular flexibility index (Phi) is 4.15. The highest BCUT2D eigenvalue weighted by molar-refractivity contribution is 5.63. The molecule has 1 unspecified atom stereocenters. The van der Waals surface area contributed by atoms with Crippen molar-refractivity contribution in [2.45, 2.75) is 19.9 Å². The van der Waals surface area contributed by atoms with Crippen molar-refractivity contribution in [3.05, 3.63) is 17.7 Å². The predicted molar refractivity (Wildman–Crippen MR) is 71.2 cm³/mol. The number of aromatic nitrogens is 1. The summed E-state index contributed by atoms with van der Waals surface area (Å²) in [6.07, 6.45) is 0.873. The second-order valence-electron chi connectivity index (χ2n) is 4.56. The molecule has 2 heterocycles. The molecule has 98 valence electrons. The molecule has 1 aromatic rings. The molecule has 0 bridgehead atoms. The van der Waals surface area contributed by atoms with Crippen LogP contribution in [-0.4, -0.2) is 43.6 Å². The first-order valence-corrected chi connectivity index (χ1v) is 6.22. The van der Waals surface area contributed by atoms with E-state index in [0.717, 1.165) is 49.8 Å². The van der Waals surface area contributed by atoms with Gasteiger partial charge in [-0.1, -0.05) is 0 Å². The van der Waals surface area contributed by atoms with Crippen molar-refractivity contribution in [2.75, 3.05) is 36.5 Å². The maximum atomic E-state index is 10.7. The van der Waals surface area contributed by atoms with E-state index < -0.39 is 0 Å². The van der Waals surface area contributed by atoms with Gasteiger partial charge in [0.05, 0.1) is 19.3 Å². The normalized spacial score (nSPS) is 17.3. The largest absolute Gasteiger partial charge is 0.378 e. The fraction of sp³-hybridized carbons (Fsp3) is 0.538. The summed E-state index contributed by atoms with van der Waals surface area (Å²) in [5, 5.41) is 3.07. The number of aryl methyl sites for hydroxylation is 1. The molecule has 1 atom stereocenters. The van der Waals surface area contributed by atoms with Crippen molar-refractivity contribution in [3.63, 3.8) is 0 Å². The van der Waals surface area contributed by atoms with Gasteiger partial charge in [0.2, 0.25) is 0 Å². The Morgan fingerprint density at radius 2 is 2.17 bits per heavy atom. The summed E-state index contributed by atoms with van der Waals surface area (Å²) in [6.45, 7) is 7.04. The van der Waals surface area contributed by atoms with Crippen molar-refractivity contribution in [1.82, 2.24) is 4.98 Å². The van der Waals surface area contributed by atoms with Crippen LogP contribution >= 0.6 is 0 Å². The molecule has 1 aliphatic heterocycles. The second kappa shape index (κ2) is 5.82. The number of aldehydes is 1. The summed E-state index contributed by atoms with van der Waals surface area (Å²) in [4.78, 5) is 17.4. The lowest BCUT2D eigenvalue weighted by Gasteiger charge is -2.28. The fourth-order valence-corrected chi connectivity index (χ4v) is 1.94. The van der Waals surface area contributed by atoms with Gasteiger partial charge in [0.1, 0.15) is 17.9 Å². The van der Waals surface area contributed by atoms with Gasteiger partial charge in [-0.15, -0.1) is 0 Å². The zero-order chi connectivity index (χ0) is 13.0. The molecule has 1 fully saturated rings. The smallest absolute Gasteiger partial charge is 0.141 e. The van der Waals surface area contributed by atoms with Gasteiger partial charge in [-0.25, -0.2) is 4.98 Å². The summed E-state index contributed by atoms with van der Waals surface area (Å²) < 4.78 is 5.33. The molecule has 1 saturated heterocycles. The first-order valence-electron chi connectivity index (χ1n) is 6.22. The van der Waals surface area contributed by atoms with Gasteiger partial charge in [0.15, 0.2) is 0 Å². The van der Waals surface area contributed by atoms with Crippen LogP contribution in [-0.2, 0) is 9.53 Å². The van der Waals surface area contributed by atoms with Crippen molar-refractivity contribution < 1.29 is 9.53 Å². The number of carbonyl (C=O) groups is 1. The van der Waals surface area contributed by atoms with Gasteiger partial charge < -0.3 is 19.7 Å². The monoisotopic (exact) mass is 249 g/mol. The van der Waals surface area contributed by atoms with Gasteiger partial charge in [-0.3, -0.25) is 0 Å². The second-order valence-corrected chi connectivity index (χ2v) is 4.56. The molecule has 0 saturated carbocycles. The molecule has 5 heteroatoms. The van der Waals surface area contributed by atoms with Crippen LogP contribution in [0.2, 0.25) is 0 Å². The summed E-state index contributed by atoms with van der Waals surface area (Å²) in [6, 6.07) is 3.78. The Morgan fingerprint density at radius 3 is 2.83 bits per heavy atom. The molecule has 0 aromatic carbocycles. The molecule has 1 aliphatic rings. The van der Waals surface area contributed by atoms with Gasteiger partial charge in [0, 0.05) is 13.1 Å². The van der Waals surface area contributed by atoms with Gasteiger partial charge in [-0.2, -0.15) is 0 Å². The lowest BCUT2D eigenvalue weighted by atomic mass is 10.2. The molecule has 5 nitrogen and oxygen atoms in total. The van der Waals surface area contributed by atoms with Crippen LogP contribution in [0, 0.1) is 6.92 Å². The molecular weight excluding hydrogens is 230 g/mol. The highest BCUT2D eigenvalue weighted by atomic mass is 16.5. The highest BCUT2D eigenvalue weighted by Gasteiger charge is 2.13.